The highest BCUT2D eigenvalue weighted by Gasteiger charge is 2.75. The zero-order chi connectivity index (χ0) is 29.8. The summed E-state index contributed by atoms with van der Waals surface area (Å²) in [5.41, 5.74) is 1.97. The van der Waals surface area contributed by atoms with Crippen LogP contribution in [0, 0.1) is 0 Å². The number of hydrogen-bond donors (Lipinski definition) is 1. The molecule has 0 aliphatic carbocycles. The molecule has 4 aliphatic heterocycles. The van der Waals surface area contributed by atoms with Crippen molar-refractivity contribution < 1.29 is 42.5 Å². The normalized spacial score (nSPS) is 23.1. The predicted octanol–water partition coefficient (Wildman–Crippen LogP) is 1.79. The first kappa shape index (κ1) is 26.8. The highest BCUT2D eigenvalue weighted by Crippen LogP contribution is 2.47. The Kier molecular flexibility index (Phi) is 6.25. The van der Waals surface area contributed by atoms with E-state index in [1.54, 1.807) is 41.3 Å². The summed E-state index contributed by atoms with van der Waals surface area (Å²) in [6.07, 6.45) is 1.98. The topological polar surface area (TPSA) is 144 Å². The van der Waals surface area contributed by atoms with Crippen LogP contribution in [0.2, 0.25) is 0 Å². The molecule has 7 rings (SSSR count). The van der Waals surface area contributed by atoms with E-state index in [0.29, 0.717) is 23.0 Å². The first-order chi connectivity index (χ1) is 20.8. The summed E-state index contributed by atoms with van der Waals surface area (Å²) in [5.74, 6) is -9.37. The van der Waals surface area contributed by atoms with Gasteiger partial charge < -0.3 is 18.9 Å². The number of benzene rings is 2. The Morgan fingerprint density at radius 1 is 0.791 bits per heavy atom. The second-order valence-corrected chi connectivity index (χ2v) is 10.3. The number of nitrogens with one attached hydrogen (secondary N) is 1. The van der Waals surface area contributed by atoms with E-state index < -0.39 is 42.0 Å². The summed E-state index contributed by atoms with van der Waals surface area (Å²) < 4.78 is 38.6. The number of piperazine rings is 1. The molecule has 0 bridgehead atoms. The van der Waals surface area contributed by atoms with E-state index in [2.05, 4.69) is 10.2 Å². The van der Waals surface area contributed by atoms with Gasteiger partial charge in [-0.15, -0.1) is 0 Å². The Morgan fingerprint density at radius 3 is 2.07 bits per heavy atom. The lowest BCUT2D eigenvalue weighted by atomic mass is 10.1. The first-order valence-electron chi connectivity index (χ1n) is 13.5. The number of para-hydroxylation sites is 1. The molecule has 13 nitrogen and oxygen atoms in total. The van der Waals surface area contributed by atoms with Crippen LogP contribution < -0.4 is 4.90 Å². The van der Waals surface area contributed by atoms with Crippen molar-refractivity contribution in [2.24, 2.45) is 0 Å². The average Bonchev–Trinajstić information content (AvgIpc) is 3.46. The number of carbonyl (C=O) groups is 4. The van der Waals surface area contributed by atoms with Crippen LogP contribution in [0.3, 0.4) is 0 Å². The number of nitrogens with zero attached hydrogens (tertiary/aromatic N) is 4. The Hall–Kier alpha value is -5.08. The average molecular weight is 590 g/mol. The maximum Gasteiger partial charge on any atom is 0.444 e. The van der Waals surface area contributed by atoms with Crippen molar-refractivity contribution in [3.63, 3.8) is 0 Å². The van der Waals surface area contributed by atoms with Crippen LogP contribution in [0.5, 0.6) is 0 Å². The van der Waals surface area contributed by atoms with Gasteiger partial charge in [0.15, 0.2) is 12.1 Å². The van der Waals surface area contributed by atoms with Gasteiger partial charge in [0.25, 0.3) is 0 Å². The number of rotatable bonds is 4. The second-order valence-electron chi connectivity index (χ2n) is 10.3. The second kappa shape index (κ2) is 10.0. The third-order valence-electron chi connectivity index (χ3n) is 7.80. The maximum absolute atomic E-state index is 15.4. The molecular weight excluding hydrogens is 565 g/mol. The van der Waals surface area contributed by atoms with Crippen LogP contribution in [-0.4, -0.2) is 81.9 Å². The Morgan fingerprint density at radius 2 is 1.40 bits per heavy atom. The largest absolute Gasteiger partial charge is 0.444 e. The molecule has 1 aromatic heterocycles. The molecule has 3 aromatic rings. The molecule has 1 saturated heterocycles. The third-order valence-corrected chi connectivity index (χ3v) is 7.80. The highest BCUT2D eigenvalue weighted by molar-refractivity contribution is 5.96. The fourth-order valence-electron chi connectivity index (χ4n) is 5.88. The number of hydrogen-bond acceptors (Lipinski definition) is 12. The maximum atomic E-state index is 15.4. The van der Waals surface area contributed by atoms with E-state index in [0.717, 1.165) is 29.9 Å². The Bertz CT molecular complexity index is 1680. The van der Waals surface area contributed by atoms with E-state index in [4.69, 9.17) is 18.9 Å². The lowest BCUT2D eigenvalue weighted by Crippen LogP contribution is -2.81. The lowest BCUT2D eigenvalue weighted by Gasteiger charge is -2.55. The van der Waals surface area contributed by atoms with Gasteiger partial charge in [0.05, 0.1) is 5.52 Å². The smallest absolute Gasteiger partial charge is 0.397 e. The van der Waals surface area contributed by atoms with Gasteiger partial charge in [-0.1, -0.05) is 36.4 Å². The minimum atomic E-state index is -2.71. The predicted molar refractivity (Wildman–Crippen MR) is 144 cm³/mol. The van der Waals surface area contributed by atoms with E-state index >= 15 is 4.39 Å². The van der Waals surface area contributed by atoms with E-state index in [-0.39, 0.29) is 32.0 Å². The molecule has 4 aliphatic rings. The number of H-pyrrole nitrogens is 1. The lowest BCUT2D eigenvalue weighted by molar-refractivity contribution is -0.416. The third kappa shape index (κ3) is 4.25. The van der Waals surface area contributed by atoms with Gasteiger partial charge in [-0.25, -0.2) is 28.5 Å². The molecule has 2 spiro atoms. The Balaban J connectivity index is 1.34. The summed E-state index contributed by atoms with van der Waals surface area (Å²) in [6, 6.07) is 14.2. The van der Waals surface area contributed by atoms with Crippen LogP contribution in [0.25, 0.3) is 10.9 Å². The fourth-order valence-corrected chi connectivity index (χ4v) is 5.88. The van der Waals surface area contributed by atoms with Gasteiger partial charge in [0.1, 0.15) is 0 Å². The number of anilines is 1. The Labute approximate surface area is 243 Å². The van der Waals surface area contributed by atoms with Crippen LogP contribution in [0.4, 0.5) is 10.2 Å². The van der Waals surface area contributed by atoms with Crippen LogP contribution in [0.15, 0.2) is 72.8 Å². The van der Waals surface area contributed by atoms with Gasteiger partial charge in [0, 0.05) is 68.0 Å². The molecule has 0 amide bonds. The zero-order valence-corrected chi connectivity index (χ0v) is 22.5. The number of esters is 4. The number of alkyl halides is 1. The molecular formula is C29H24FN5O8. The molecule has 1 N–H and O–H groups in total. The van der Waals surface area contributed by atoms with Crippen molar-refractivity contribution in [3.8, 4) is 0 Å². The number of aromatic nitrogens is 2. The number of aromatic amines is 1. The zero-order valence-electron chi connectivity index (χ0n) is 22.5. The molecule has 1 fully saturated rings. The van der Waals surface area contributed by atoms with Crippen molar-refractivity contribution in [2.75, 3.05) is 31.1 Å². The summed E-state index contributed by atoms with van der Waals surface area (Å²) >= 11 is 0. The molecule has 1 unspecified atom stereocenters. The molecule has 43 heavy (non-hydrogen) atoms. The van der Waals surface area contributed by atoms with E-state index in [1.807, 2.05) is 12.1 Å². The summed E-state index contributed by atoms with van der Waals surface area (Å²) in [6.45, 7) is 0.322. The quantitative estimate of drug-likeness (QED) is 0.350. The molecule has 0 radical (unpaired) electrons. The standard InChI is InChI=1S/C29H24FN5O8/c30-26-19-6-2-1-5-18(19)17-33(26)13-14-34-15-16-35(27-20-7-3-4-8-21(20)31-32-27)29(42-24(38)11-12-25(39)43-29)28(34)40-22(36)9-10-23(37)41-28/h1-12,26H,13-17H2,(H,31,32). The summed E-state index contributed by atoms with van der Waals surface area (Å²) in [5, 5.41) is 7.81. The van der Waals surface area contributed by atoms with Gasteiger partial charge in [-0.2, -0.15) is 5.10 Å². The monoisotopic (exact) mass is 589 g/mol. The van der Waals surface area contributed by atoms with Crippen LogP contribution in [-0.2, 0) is 44.7 Å². The van der Waals surface area contributed by atoms with Gasteiger partial charge in [-0.05, 0) is 17.7 Å². The number of carbonyl (C=O) groups excluding carboxylic acids is 4. The van der Waals surface area contributed by atoms with Gasteiger partial charge in [0.2, 0.25) is 0 Å². The molecule has 1 atom stereocenters. The van der Waals surface area contributed by atoms with Crippen LogP contribution in [0.1, 0.15) is 17.4 Å². The SMILES string of the molecule is O=C1C=CC(=O)OC2(O1)N(CCN1Cc3ccccc3C1F)CCN(c1n[nH]c3ccccc13)C21OC(=O)C=CC(=O)O1. The number of ether oxygens (including phenoxy) is 4. The van der Waals surface area contributed by atoms with Crippen molar-refractivity contribution in [3.05, 3.63) is 84.0 Å². The minimum absolute atomic E-state index is 0.0149. The van der Waals surface area contributed by atoms with Gasteiger partial charge >= 0.3 is 35.7 Å². The van der Waals surface area contributed by atoms with E-state index in [9.17, 15) is 19.2 Å². The van der Waals surface area contributed by atoms with E-state index in [1.165, 1.54) is 9.80 Å². The molecule has 2 aromatic carbocycles. The molecule has 220 valence electrons. The fraction of sp³-hybridized carbons (Fsp3) is 0.276. The molecule has 5 heterocycles. The van der Waals surface area contributed by atoms with Crippen LogP contribution >= 0.6 is 0 Å². The van der Waals surface area contributed by atoms with Crippen molar-refractivity contribution in [1.82, 2.24) is 20.0 Å². The molecule has 0 saturated carbocycles. The van der Waals surface area contributed by atoms with Crippen molar-refractivity contribution in [2.45, 2.75) is 24.7 Å². The van der Waals surface area contributed by atoms with Gasteiger partial charge in [-0.3, -0.25) is 14.9 Å². The highest BCUT2D eigenvalue weighted by atomic mass is 19.1. The van der Waals surface area contributed by atoms with Crippen molar-refractivity contribution in [1.29, 1.82) is 0 Å². The number of fused-ring (bicyclic) bond motifs is 3. The summed E-state index contributed by atoms with van der Waals surface area (Å²) in [4.78, 5) is 56.3. The number of halogens is 1. The minimum Gasteiger partial charge on any atom is -0.397 e. The first-order valence-corrected chi connectivity index (χ1v) is 13.5. The summed E-state index contributed by atoms with van der Waals surface area (Å²) in [7, 11) is 0. The molecule has 14 heteroatoms. The van der Waals surface area contributed by atoms with Crippen molar-refractivity contribution >= 4 is 40.6 Å².